The van der Waals surface area contributed by atoms with E-state index in [1.54, 1.807) is 0 Å². The molecule has 1 aromatic heterocycles. The minimum atomic E-state index is 0.274. The van der Waals surface area contributed by atoms with E-state index in [0.717, 1.165) is 0 Å². The van der Waals surface area contributed by atoms with Gasteiger partial charge in [0, 0.05) is 30.4 Å². The molecule has 0 radical (unpaired) electrons. The van der Waals surface area contributed by atoms with E-state index in [-0.39, 0.29) is 6.04 Å². The van der Waals surface area contributed by atoms with Crippen molar-refractivity contribution in [3.05, 3.63) is 18.0 Å². The SMILES string of the molecule is CC(C)n1cc(C(CN)N(C)C2CCN(C)CC2)cn1. The average molecular weight is 279 g/mol. The molecule has 0 saturated carbocycles. The molecule has 5 nitrogen and oxygen atoms in total. The van der Waals surface area contributed by atoms with Crippen LogP contribution in [0.5, 0.6) is 0 Å². The molecule has 0 aliphatic carbocycles. The minimum absolute atomic E-state index is 0.274. The fraction of sp³-hybridized carbons (Fsp3) is 0.800. The number of piperidine rings is 1. The molecular weight excluding hydrogens is 250 g/mol. The van der Waals surface area contributed by atoms with E-state index < -0.39 is 0 Å². The van der Waals surface area contributed by atoms with Crippen molar-refractivity contribution >= 4 is 0 Å². The molecule has 0 aromatic carbocycles. The van der Waals surface area contributed by atoms with E-state index in [4.69, 9.17) is 5.73 Å². The number of nitrogens with two attached hydrogens (primary N) is 1. The topological polar surface area (TPSA) is 50.3 Å². The molecule has 1 aliphatic rings. The number of aromatic nitrogens is 2. The molecule has 1 unspecified atom stereocenters. The predicted molar refractivity (Wildman–Crippen MR) is 82.7 cm³/mol. The van der Waals surface area contributed by atoms with Crippen molar-refractivity contribution in [2.75, 3.05) is 33.7 Å². The summed E-state index contributed by atoms with van der Waals surface area (Å²) in [6.45, 7) is 7.30. The third-order valence-corrected chi connectivity index (χ3v) is 4.51. The van der Waals surface area contributed by atoms with Crippen LogP contribution in [0, 0.1) is 0 Å². The van der Waals surface area contributed by atoms with Crippen LogP contribution < -0.4 is 5.73 Å². The van der Waals surface area contributed by atoms with Crippen LogP contribution in [0.2, 0.25) is 0 Å². The maximum absolute atomic E-state index is 6.04. The fourth-order valence-electron chi connectivity index (χ4n) is 3.00. The molecule has 2 N–H and O–H groups in total. The molecule has 1 saturated heterocycles. The highest BCUT2D eigenvalue weighted by Crippen LogP contribution is 2.25. The van der Waals surface area contributed by atoms with Crippen LogP contribution in [0.3, 0.4) is 0 Å². The van der Waals surface area contributed by atoms with Gasteiger partial charge in [0.2, 0.25) is 0 Å². The largest absolute Gasteiger partial charge is 0.329 e. The highest BCUT2D eigenvalue weighted by molar-refractivity contribution is 5.12. The number of nitrogens with zero attached hydrogens (tertiary/aromatic N) is 4. The van der Waals surface area contributed by atoms with Gasteiger partial charge in [-0.15, -0.1) is 0 Å². The number of likely N-dealkylation sites (tertiary alicyclic amines) is 1. The lowest BCUT2D eigenvalue weighted by molar-refractivity contribution is 0.109. The van der Waals surface area contributed by atoms with Crippen LogP contribution >= 0.6 is 0 Å². The van der Waals surface area contributed by atoms with Crippen molar-refractivity contribution in [1.82, 2.24) is 19.6 Å². The third kappa shape index (κ3) is 3.40. The highest BCUT2D eigenvalue weighted by Gasteiger charge is 2.27. The van der Waals surface area contributed by atoms with Gasteiger partial charge in [-0.2, -0.15) is 5.10 Å². The summed E-state index contributed by atoms with van der Waals surface area (Å²) in [7, 11) is 4.41. The molecule has 0 spiro atoms. The van der Waals surface area contributed by atoms with Gasteiger partial charge in [0.15, 0.2) is 0 Å². The summed E-state index contributed by atoms with van der Waals surface area (Å²) in [6, 6.07) is 1.30. The lowest BCUT2D eigenvalue weighted by Gasteiger charge is -2.38. The summed E-state index contributed by atoms with van der Waals surface area (Å²) in [5.74, 6) is 0. The lowest BCUT2D eigenvalue weighted by Crippen LogP contribution is -2.45. The molecule has 1 aromatic rings. The average Bonchev–Trinajstić information content (AvgIpc) is 2.90. The van der Waals surface area contributed by atoms with Gasteiger partial charge in [-0.25, -0.2) is 0 Å². The molecule has 2 heterocycles. The summed E-state index contributed by atoms with van der Waals surface area (Å²) < 4.78 is 2.01. The smallest absolute Gasteiger partial charge is 0.0538 e. The zero-order chi connectivity index (χ0) is 14.7. The molecule has 1 atom stereocenters. The second-order valence-corrected chi connectivity index (χ2v) is 6.30. The Morgan fingerprint density at radius 1 is 1.40 bits per heavy atom. The summed E-state index contributed by atoms with van der Waals surface area (Å²) in [4.78, 5) is 4.85. The Morgan fingerprint density at radius 2 is 2.05 bits per heavy atom. The van der Waals surface area contributed by atoms with Crippen LogP contribution in [-0.4, -0.2) is 59.4 Å². The van der Waals surface area contributed by atoms with Gasteiger partial charge < -0.3 is 10.6 Å². The maximum atomic E-state index is 6.04. The van der Waals surface area contributed by atoms with Crippen LogP contribution in [-0.2, 0) is 0 Å². The third-order valence-electron chi connectivity index (χ3n) is 4.51. The highest BCUT2D eigenvalue weighted by atomic mass is 15.3. The number of hydrogen-bond donors (Lipinski definition) is 1. The Balaban J connectivity index is 2.06. The first-order valence-corrected chi connectivity index (χ1v) is 7.67. The standard InChI is InChI=1S/C15H29N5/c1-12(2)20-11-13(10-17-20)15(9-16)19(4)14-5-7-18(3)8-6-14/h10-12,14-15H,5-9,16H2,1-4H3. The van der Waals surface area contributed by atoms with Crippen LogP contribution in [0.25, 0.3) is 0 Å². The summed E-state index contributed by atoms with van der Waals surface area (Å²) in [5.41, 5.74) is 7.27. The molecule has 0 amide bonds. The monoisotopic (exact) mass is 279 g/mol. The van der Waals surface area contributed by atoms with Crippen LogP contribution in [0.1, 0.15) is 44.3 Å². The number of hydrogen-bond acceptors (Lipinski definition) is 4. The molecule has 20 heavy (non-hydrogen) atoms. The van der Waals surface area contributed by atoms with Crippen molar-refractivity contribution in [3.63, 3.8) is 0 Å². The van der Waals surface area contributed by atoms with Gasteiger partial charge in [-0.1, -0.05) is 0 Å². The zero-order valence-corrected chi connectivity index (χ0v) is 13.3. The van der Waals surface area contributed by atoms with Gasteiger partial charge in [0.1, 0.15) is 0 Å². The molecule has 114 valence electrons. The molecule has 1 aliphatic heterocycles. The van der Waals surface area contributed by atoms with E-state index in [0.29, 0.717) is 18.6 Å². The molecule has 1 fully saturated rings. The van der Waals surface area contributed by atoms with Crippen molar-refractivity contribution in [3.8, 4) is 0 Å². The summed E-state index contributed by atoms with van der Waals surface area (Å²) >= 11 is 0. The van der Waals surface area contributed by atoms with E-state index >= 15 is 0 Å². The van der Waals surface area contributed by atoms with Crippen molar-refractivity contribution in [1.29, 1.82) is 0 Å². The minimum Gasteiger partial charge on any atom is -0.329 e. The Kier molecular flexibility index (Phi) is 5.18. The Bertz CT molecular complexity index is 406. The quantitative estimate of drug-likeness (QED) is 0.887. The van der Waals surface area contributed by atoms with E-state index in [1.165, 1.54) is 31.5 Å². The Hall–Kier alpha value is -0.910. The van der Waals surface area contributed by atoms with Gasteiger partial charge in [-0.3, -0.25) is 9.58 Å². The molecule has 2 rings (SSSR count). The first-order valence-electron chi connectivity index (χ1n) is 7.67. The Morgan fingerprint density at radius 3 is 2.55 bits per heavy atom. The Labute approximate surface area is 122 Å². The first kappa shape index (κ1) is 15.5. The van der Waals surface area contributed by atoms with Crippen molar-refractivity contribution in [2.45, 2.75) is 44.8 Å². The van der Waals surface area contributed by atoms with Gasteiger partial charge in [0.05, 0.1) is 12.2 Å². The van der Waals surface area contributed by atoms with Gasteiger partial charge >= 0.3 is 0 Å². The van der Waals surface area contributed by atoms with Crippen molar-refractivity contribution < 1.29 is 0 Å². The van der Waals surface area contributed by atoms with E-state index in [9.17, 15) is 0 Å². The molecule has 5 heteroatoms. The zero-order valence-electron chi connectivity index (χ0n) is 13.3. The van der Waals surface area contributed by atoms with E-state index in [2.05, 4.69) is 49.0 Å². The second-order valence-electron chi connectivity index (χ2n) is 6.30. The normalized spacial score (nSPS) is 19.9. The lowest BCUT2D eigenvalue weighted by atomic mass is 10.0. The van der Waals surface area contributed by atoms with Gasteiger partial charge in [-0.05, 0) is 53.9 Å². The maximum Gasteiger partial charge on any atom is 0.0538 e. The van der Waals surface area contributed by atoms with Gasteiger partial charge in [0.25, 0.3) is 0 Å². The van der Waals surface area contributed by atoms with Crippen LogP contribution in [0.15, 0.2) is 12.4 Å². The second kappa shape index (κ2) is 6.70. The first-order chi connectivity index (χ1) is 9.52. The summed E-state index contributed by atoms with van der Waals surface area (Å²) in [5, 5.41) is 4.45. The fourth-order valence-corrected chi connectivity index (χ4v) is 3.00. The van der Waals surface area contributed by atoms with E-state index in [1.807, 2.05) is 10.9 Å². The molecule has 0 bridgehead atoms. The summed E-state index contributed by atoms with van der Waals surface area (Å²) in [6.07, 6.45) is 6.57. The molecular formula is C15H29N5. The van der Waals surface area contributed by atoms with Crippen LogP contribution in [0.4, 0.5) is 0 Å². The number of rotatable bonds is 5. The number of likely N-dealkylation sites (N-methyl/N-ethyl adjacent to an activating group) is 1. The van der Waals surface area contributed by atoms with Crippen molar-refractivity contribution in [2.24, 2.45) is 5.73 Å². The predicted octanol–water partition coefficient (Wildman–Crippen LogP) is 1.49.